The van der Waals surface area contributed by atoms with Crippen LogP contribution >= 0.6 is 0 Å². The number of hydrogen-bond acceptors (Lipinski definition) is 5. The lowest BCUT2D eigenvalue weighted by atomic mass is 10.1. The van der Waals surface area contributed by atoms with Crippen molar-refractivity contribution in [2.45, 2.75) is 20.3 Å². The second-order valence-corrected chi connectivity index (χ2v) is 4.02. The van der Waals surface area contributed by atoms with Crippen molar-refractivity contribution in [1.82, 2.24) is 10.2 Å². The van der Waals surface area contributed by atoms with Crippen molar-refractivity contribution in [3.05, 3.63) is 30.0 Å². The molecule has 0 aliphatic rings. The molecule has 5 heteroatoms. The zero-order chi connectivity index (χ0) is 13.7. The molecular formula is C14H16N2O3. The Bertz CT molecular complexity index is 584. The Balaban J connectivity index is 2.30. The number of hydrogen-bond donors (Lipinski definition) is 0. The second kappa shape index (κ2) is 6.13. The summed E-state index contributed by atoms with van der Waals surface area (Å²) in [5, 5.41) is 10.1. The number of rotatable bonds is 5. The zero-order valence-electron chi connectivity index (χ0n) is 11.0. The van der Waals surface area contributed by atoms with E-state index in [1.54, 1.807) is 0 Å². The predicted octanol–water partition coefficient (Wildman–Crippen LogP) is 2.13. The molecule has 1 heterocycles. The summed E-state index contributed by atoms with van der Waals surface area (Å²) in [6, 6.07) is 7.79. The van der Waals surface area contributed by atoms with E-state index in [-0.39, 0.29) is 5.97 Å². The largest absolute Gasteiger partial charge is 0.476 e. The number of fused-ring (bicyclic) bond motifs is 1. The van der Waals surface area contributed by atoms with Gasteiger partial charge in [-0.2, -0.15) is 5.10 Å². The number of benzene rings is 1. The van der Waals surface area contributed by atoms with Crippen molar-refractivity contribution in [3.63, 3.8) is 0 Å². The highest BCUT2D eigenvalue weighted by atomic mass is 16.5. The maximum absolute atomic E-state index is 10.8. The van der Waals surface area contributed by atoms with Crippen LogP contribution in [0, 0.1) is 0 Å². The van der Waals surface area contributed by atoms with Gasteiger partial charge in [-0.15, -0.1) is 5.10 Å². The first-order chi connectivity index (χ1) is 9.22. The molecule has 1 aromatic heterocycles. The first kappa shape index (κ1) is 13.3. The quantitative estimate of drug-likeness (QED) is 0.771. The van der Waals surface area contributed by atoms with Gasteiger partial charge in [0.1, 0.15) is 0 Å². The highest BCUT2D eigenvalue weighted by Crippen LogP contribution is 2.24. The number of aromatic nitrogens is 2. The lowest BCUT2D eigenvalue weighted by Crippen LogP contribution is -2.07. The smallest absolute Gasteiger partial charge is 0.302 e. The van der Waals surface area contributed by atoms with E-state index in [0.717, 1.165) is 16.5 Å². The zero-order valence-corrected chi connectivity index (χ0v) is 11.0. The van der Waals surface area contributed by atoms with Gasteiger partial charge >= 0.3 is 5.97 Å². The van der Waals surface area contributed by atoms with Crippen LogP contribution in [0.5, 0.6) is 5.88 Å². The van der Waals surface area contributed by atoms with E-state index in [4.69, 9.17) is 9.47 Å². The fourth-order valence-corrected chi connectivity index (χ4v) is 1.85. The summed E-state index contributed by atoms with van der Waals surface area (Å²) >= 11 is 0. The summed E-state index contributed by atoms with van der Waals surface area (Å²) in [5.74, 6) is 0.248. The standard InChI is InChI=1S/C14H16N2O3/c1-3-18-14-12-7-5-4-6-11(12)13(15-16-14)8-9-19-10(2)17/h4-7H,3,8-9H2,1-2H3. The summed E-state index contributed by atoms with van der Waals surface area (Å²) < 4.78 is 10.4. The third-order valence-corrected chi connectivity index (χ3v) is 2.66. The molecule has 2 rings (SSSR count). The van der Waals surface area contributed by atoms with E-state index in [1.165, 1.54) is 6.92 Å². The van der Waals surface area contributed by atoms with Gasteiger partial charge in [0.25, 0.3) is 0 Å². The number of ether oxygens (including phenoxy) is 2. The fourth-order valence-electron chi connectivity index (χ4n) is 1.85. The molecule has 1 aromatic carbocycles. The Morgan fingerprint density at radius 3 is 2.63 bits per heavy atom. The van der Waals surface area contributed by atoms with Crippen LogP contribution in [0.3, 0.4) is 0 Å². The summed E-state index contributed by atoms with van der Waals surface area (Å²) in [6.45, 7) is 4.15. The highest BCUT2D eigenvalue weighted by Gasteiger charge is 2.09. The van der Waals surface area contributed by atoms with Crippen molar-refractivity contribution >= 4 is 16.7 Å². The number of carbonyl (C=O) groups is 1. The van der Waals surface area contributed by atoms with E-state index in [9.17, 15) is 4.79 Å². The molecule has 0 unspecified atom stereocenters. The van der Waals surface area contributed by atoms with Crippen LogP contribution in [0.1, 0.15) is 19.5 Å². The van der Waals surface area contributed by atoms with Crippen LogP contribution in [0.15, 0.2) is 24.3 Å². The van der Waals surface area contributed by atoms with E-state index in [0.29, 0.717) is 25.5 Å². The van der Waals surface area contributed by atoms with Crippen molar-refractivity contribution in [2.24, 2.45) is 0 Å². The molecule has 0 spiro atoms. The van der Waals surface area contributed by atoms with Crippen LogP contribution in [0.2, 0.25) is 0 Å². The highest BCUT2D eigenvalue weighted by molar-refractivity contribution is 5.88. The maximum atomic E-state index is 10.8. The Kier molecular flexibility index (Phi) is 4.28. The van der Waals surface area contributed by atoms with Gasteiger partial charge in [0.2, 0.25) is 5.88 Å². The molecular weight excluding hydrogens is 244 g/mol. The minimum Gasteiger partial charge on any atom is -0.476 e. The van der Waals surface area contributed by atoms with Crippen LogP contribution in [0.25, 0.3) is 10.8 Å². The number of nitrogens with zero attached hydrogens (tertiary/aromatic N) is 2. The van der Waals surface area contributed by atoms with E-state index in [2.05, 4.69) is 10.2 Å². The lowest BCUT2D eigenvalue weighted by molar-refractivity contribution is -0.140. The maximum Gasteiger partial charge on any atom is 0.302 e. The molecule has 0 atom stereocenters. The molecule has 2 aromatic rings. The van der Waals surface area contributed by atoms with Crippen molar-refractivity contribution in [3.8, 4) is 5.88 Å². The minimum absolute atomic E-state index is 0.289. The Hall–Kier alpha value is -2.17. The average molecular weight is 260 g/mol. The first-order valence-electron chi connectivity index (χ1n) is 6.22. The molecule has 0 amide bonds. The molecule has 0 saturated heterocycles. The van der Waals surface area contributed by atoms with Crippen LogP contribution in [0.4, 0.5) is 0 Å². The van der Waals surface area contributed by atoms with Gasteiger partial charge in [0, 0.05) is 24.1 Å². The van der Waals surface area contributed by atoms with Crippen molar-refractivity contribution in [2.75, 3.05) is 13.2 Å². The van der Waals surface area contributed by atoms with Crippen molar-refractivity contribution in [1.29, 1.82) is 0 Å². The molecule has 100 valence electrons. The molecule has 19 heavy (non-hydrogen) atoms. The Morgan fingerprint density at radius 2 is 1.95 bits per heavy atom. The van der Waals surface area contributed by atoms with Gasteiger partial charge < -0.3 is 9.47 Å². The number of esters is 1. The van der Waals surface area contributed by atoms with Crippen LogP contribution in [-0.2, 0) is 16.0 Å². The van der Waals surface area contributed by atoms with Crippen LogP contribution in [-0.4, -0.2) is 29.4 Å². The van der Waals surface area contributed by atoms with Crippen molar-refractivity contribution < 1.29 is 14.3 Å². The third-order valence-electron chi connectivity index (χ3n) is 2.66. The second-order valence-electron chi connectivity index (χ2n) is 4.02. The van der Waals surface area contributed by atoms with Crippen LogP contribution < -0.4 is 4.74 Å². The minimum atomic E-state index is -0.289. The molecule has 0 fully saturated rings. The monoisotopic (exact) mass is 260 g/mol. The molecule has 5 nitrogen and oxygen atoms in total. The van der Waals surface area contributed by atoms with E-state index >= 15 is 0 Å². The molecule has 0 aliphatic heterocycles. The van der Waals surface area contributed by atoms with Gasteiger partial charge in [-0.05, 0) is 13.0 Å². The molecule has 0 aliphatic carbocycles. The van der Waals surface area contributed by atoms with E-state index < -0.39 is 0 Å². The SMILES string of the molecule is CCOc1nnc(CCOC(C)=O)c2ccccc12. The topological polar surface area (TPSA) is 61.3 Å². The normalized spacial score (nSPS) is 10.4. The first-order valence-corrected chi connectivity index (χ1v) is 6.22. The summed E-state index contributed by atoms with van der Waals surface area (Å²) in [7, 11) is 0. The molecule has 0 bridgehead atoms. The predicted molar refractivity (Wildman–Crippen MR) is 71.0 cm³/mol. The summed E-state index contributed by atoms with van der Waals surface area (Å²) in [6.07, 6.45) is 0.541. The van der Waals surface area contributed by atoms with Gasteiger partial charge in [-0.25, -0.2) is 0 Å². The Morgan fingerprint density at radius 1 is 1.21 bits per heavy atom. The van der Waals surface area contributed by atoms with Gasteiger partial charge in [0.05, 0.1) is 18.9 Å². The Labute approximate surface area is 111 Å². The number of carbonyl (C=O) groups excluding carboxylic acids is 1. The van der Waals surface area contributed by atoms with Gasteiger partial charge in [0.15, 0.2) is 0 Å². The van der Waals surface area contributed by atoms with E-state index in [1.807, 2.05) is 31.2 Å². The average Bonchev–Trinajstić information content (AvgIpc) is 2.41. The van der Waals surface area contributed by atoms with Gasteiger partial charge in [-0.3, -0.25) is 4.79 Å². The summed E-state index contributed by atoms with van der Waals surface area (Å²) in [5.41, 5.74) is 0.806. The summed E-state index contributed by atoms with van der Waals surface area (Å²) in [4.78, 5) is 10.8. The molecule has 0 N–H and O–H groups in total. The molecule has 0 saturated carbocycles. The third kappa shape index (κ3) is 3.19. The fraction of sp³-hybridized carbons (Fsp3) is 0.357. The molecule has 0 radical (unpaired) electrons. The lowest BCUT2D eigenvalue weighted by Gasteiger charge is -2.09. The van der Waals surface area contributed by atoms with Gasteiger partial charge in [-0.1, -0.05) is 18.2 Å².